The van der Waals surface area contributed by atoms with Crippen molar-refractivity contribution >= 4 is 13.7 Å². The van der Waals surface area contributed by atoms with E-state index >= 15 is 0 Å². The SMILES string of the molecule is CC/C=C\C/C=C\C/C=C\C/C=C\C/C=C\C/C=C\C/C=C\C/C=C\C/C=C\C/C=C\C/C=C\CCCCCC(=O)NC(COP(=O)(O)OCC[N+](C)(C)C)C(O)CCCCCCC. The third-order valence-electron chi connectivity index (χ3n) is 9.91. The summed E-state index contributed by atoms with van der Waals surface area (Å²) >= 11 is 0. The third kappa shape index (κ3) is 46.6. The quantitative estimate of drug-likeness (QED) is 0.0244. The number of hydrogen-bond donors (Lipinski definition) is 3. The number of carbonyl (C=O) groups excluding carboxylic acids is 1. The fraction of sp³-hybridized carbons (Fsp3) is 0.582. The van der Waals surface area contributed by atoms with E-state index in [4.69, 9.17) is 9.05 Å². The van der Waals surface area contributed by atoms with Crippen molar-refractivity contribution in [2.45, 2.75) is 167 Å². The van der Waals surface area contributed by atoms with E-state index in [1.165, 1.54) is 0 Å². The number of carbonyl (C=O) groups is 1. The highest BCUT2D eigenvalue weighted by molar-refractivity contribution is 7.47. The molecule has 3 atom stereocenters. The van der Waals surface area contributed by atoms with Crippen LogP contribution in [0.25, 0.3) is 0 Å². The summed E-state index contributed by atoms with van der Waals surface area (Å²) in [5.74, 6) is -0.191. The Kier molecular flexibility index (Phi) is 42.5. The van der Waals surface area contributed by atoms with Gasteiger partial charge in [0.05, 0.1) is 39.9 Å². The lowest BCUT2D eigenvalue weighted by Crippen LogP contribution is -2.46. The number of unbranched alkanes of at least 4 members (excludes halogenated alkanes) is 7. The number of likely N-dealkylation sites (N-methyl/N-ethyl adjacent to an activating group) is 1. The number of amides is 1. The minimum absolute atomic E-state index is 0.0591. The number of hydrogen-bond acceptors (Lipinski definition) is 5. The molecular weight excluding hydrogens is 816 g/mol. The Hall–Kier alpha value is -3.36. The zero-order valence-corrected chi connectivity index (χ0v) is 41.9. The maximum atomic E-state index is 12.8. The molecule has 0 heterocycles. The van der Waals surface area contributed by atoms with E-state index < -0.39 is 20.0 Å². The van der Waals surface area contributed by atoms with E-state index in [0.717, 1.165) is 128 Å². The van der Waals surface area contributed by atoms with Crippen LogP contribution >= 0.6 is 7.82 Å². The zero-order valence-electron chi connectivity index (χ0n) is 41.0. The fourth-order valence-electron chi connectivity index (χ4n) is 6.05. The molecule has 0 aromatic carbocycles. The second-order valence-corrected chi connectivity index (χ2v) is 18.6. The molecule has 3 unspecified atom stereocenters. The van der Waals surface area contributed by atoms with Crippen LogP contribution in [0.2, 0.25) is 0 Å². The summed E-state index contributed by atoms with van der Waals surface area (Å²) in [6, 6.07) is -0.784. The Morgan fingerprint density at radius 2 is 0.938 bits per heavy atom. The van der Waals surface area contributed by atoms with E-state index in [-0.39, 0.29) is 19.1 Å². The van der Waals surface area contributed by atoms with E-state index in [1.807, 2.05) is 21.1 Å². The molecule has 0 aromatic rings. The average Bonchev–Trinajstić information content (AvgIpc) is 3.25. The number of nitrogens with zero attached hydrogens (tertiary/aromatic N) is 1. The van der Waals surface area contributed by atoms with Gasteiger partial charge in [0.25, 0.3) is 0 Å². The van der Waals surface area contributed by atoms with Gasteiger partial charge >= 0.3 is 7.82 Å². The molecule has 362 valence electrons. The topological polar surface area (TPSA) is 105 Å². The largest absolute Gasteiger partial charge is 0.472 e. The minimum atomic E-state index is -4.32. The number of rotatable bonds is 42. The van der Waals surface area contributed by atoms with Crippen LogP contribution in [0.1, 0.15) is 155 Å². The number of quaternary nitrogens is 1. The Morgan fingerprint density at radius 3 is 1.34 bits per heavy atom. The Bertz CT molecular complexity index is 1490. The van der Waals surface area contributed by atoms with Crippen molar-refractivity contribution in [3.05, 3.63) is 134 Å². The summed E-state index contributed by atoms with van der Waals surface area (Å²) in [4.78, 5) is 23.0. The summed E-state index contributed by atoms with van der Waals surface area (Å²) in [6.45, 7) is 4.61. The predicted octanol–water partition coefficient (Wildman–Crippen LogP) is 14.4. The van der Waals surface area contributed by atoms with Gasteiger partial charge in [-0.25, -0.2) is 4.57 Å². The summed E-state index contributed by atoms with van der Waals surface area (Å²) < 4.78 is 23.4. The zero-order chi connectivity index (χ0) is 47.1. The van der Waals surface area contributed by atoms with Crippen molar-refractivity contribution in [3.8, 4) is 0 Å². The van der Waals surface area contributed by atoms with Crippen molar-refractivity contribution in [2.75, 3.05) is 40.9 Å². The van der Waals surface area contributed by atoms with Gasteiger partial charge in [-0.2, -0.15) is 0 Å². The second-order valence-electron chi connectivity index (χ2n) is 17.1. The van der Waals surface area contributed by atoms with Crippen LogP contribution in [-0.2, 0) is 18.4 Å². The van der Waals surface area contributed by atoms with Gasteiger partial charge in [0.15, 0.2) is 0 Å². The normalized spacial score (nSPS) is 15.3. The molecule has 0 bridgehead atoms. The number of nitrogens with one attached hydrogen (secondary N) is 1. The molecule has 0 aliphatic rings. The van der Waals surface area contributed by atoms with Crippen LogP contribution in [0.4, 0.5) is 0 Å². The van der Waals surface area contributed by atoms with Crippen molar-refractivity contribution in [1.82, 2.24) is 5.32 Å². The maximum absolute atomic E-state index is 12.8. The molecule has 1 amide bonds. The standard InChI is InChI=1S/C55H91N2O6P/c1-6-8-10-12-13-14-15-16-17-18-19-20-21-22-23-24-25-26-27-28-29-30-31-32-33-34-35-36-37-38-39-40-41-42-43-45-47-49-55(59)56-53(54(58)48-46-44-11-9-7-2)52-63-64(60,61)62-51-50-57(3,4)5/h8,10,13-14,16-17,19-20,22-23,25-26,28-29,31-32,34-35,37-38,40-41,53-54,58H,6-7,9,11-12,15,18,21,24,27,30,33,36,39,42-52H2,1-5H3,(H-,56,59,60,61)/p+1/b10-8-,14-13-,17-16-,20-19-,23-22-,26-25-,29-28-,32-31-,35-34-,38-37-,41-40-. The highest BCUT2D eigenvalue weighted by atomic mass is 31.2. The van der Waals surface area contributed by atoms with Gasteiger partial charge in [-0.3, -0.25) is 13.8 Å². The fourth-order valence-corrected chi connectivity index (χ4v) is 6.78. The van der Waals surface area contributed by atoms with Crippen molar-refractivity contribution in [2.24, 2.45) is 0 Å². The smallest absolute Gasteiger partial charge is 0.391 e. The van der Waals surface area contributed by atoms with Gasteiger partial charge in [0.2, 0.25) is 5.91 Å². The van der Waals surface area contributed by atoms with Crippen LogP contribution in [0.5, 0.6) is 0 Å². The third-order valence-corrected chi connectivity index (χ3v) is 10.9. The monoisotopic (exact) mass is 908 g/mol. The molecule has 64 heavy (non-hydrogen) atoms. The molecule has 0 saturated carbocycles. The van der Waals surface area contributed by atoms with Gasteiger partial charge < -0.3 is 19.8 Å². The molecule has 0 rings (SSSR count). The molecule has 0 fully saturated rings. The van der Waals surface area contributed by atoms with Crippen LogP contribution in [0.15, 0.2) is 134 Å². The van der Waals surface area contributed by atoms with E-state index in [2.05, 4.69) is 153 Å². The lowest BCUT2D eigenvalue weighted by atomic mass is 10.0. The van der Waals surface area contributed by atoms with Crippen LogP contribution in [0, 0.1) is 0 Å². The highest BCUT2D eigenvalue weighted by Crippen LogP contribution is 2.43. The summed E-state index contributed by atoms with van der Waals surface area (Å²) in [5.41, 5.74) is 0. The summed E-state index contributed by atoms with van der Waals surface area (Å²) in [5, 5.41) is 13.7. The van der Waals surface area contributed by atoms with Gasteiger partial charge in [0.1, 0.15) is 13.2 Å². The molecule has 9 heteroatoms. The highest BCUT2D eigenvalue weighted by Gasteiger charge is 2.28. The van der Waals surface area contributed by atoms with Gasteiger partial charge in [-0.1, -0.05) is 186 Å². The first-order valence-electron chi connectivity index (χ1n) is 24.5. The molecule has 0 aromatic heterocycles. The molecular formula is C55H92N2O6P+. The average molecular weight is 908 g/mol. The minimum Gasteiger partial charge on any atom is -0.391 e. The molecule has 3 N–H and O–H groups in total. The summed E-state index contributed by atoms with van der Waals surface area (Å²) in [6.07, 6.45) is 68.4. The molecule has 0 aliphatic carbocycles. The van der Waals surface area contributed by atoms with Crippen LogP contribution < -0.4 is 5.32 Å². The number of phosphoric acid groups is 1. The lowest BCUT2D eigenvalue weighted by molar-refractivity contribution is -0.870. The first-order valence-corrected chi connectivity index (χ1v) is 26.0. The molecule has 0 radical (unpaired) electrons. The number of phosphoric ester groups is 1. The molecule has 0 spiro atoms. The number of aliphatic hydroxyl groups is 1. The van der Waals surface area contributed by atoms with Crippen LogP contribution in [-0.4, -0.2) is 73.4 Å². The van der Waals surface area contributed by atoms with E-state index in [9.17, 15) is 19.4 Å². The molecule has 0 saturated heterocycles. The lowest BCUT2D eigenvalue weighted by Gasteiger charge is -2.26. The first-order chi connectivity index (χ1) is 31.0. The Balaban J connectivity index is 4.09. The van der Waals surface area contributed by atoms with Gasteiger partial charge in [-0.15, -0.1) is 0 Å². The van der Waals surface area contributed by atoms with Crippen LogP contribution in [0.3, 0.4) is 0 Å². The molecule has 8 nitrogen and oxygen atoms in total. The Morgan fingerprint density at radius 1 is 0.547 bits per heavy atom. The Labute approximate surface area is 392 Å². The van der Waals surface area contributed by atoms with Gasteiger partial charge in [0, 0.05) is 6.42 Å². The van der Waals surface area contributed by atoms with Crippen molar-refractivity contribution in [1.29, 1.82) is 0 Å². The van der Waals surface area contributed by atoms with Gasteiger partial charge in [-0.05, 0) is 96.3 Å². The van der Waals surface area contributed by atoms with E-state index in [0.29, 0.717) is 23.9 Å². The van der Waals surface area contributed by atoms with Crippen molar-refractivity contribution < 1.29 is 32.9 Å². The van der Waals surface area contributed by atoms with Crippen molar-refractivity contribution in [3.63, 3.8) is 0 Å². The maximum Gasteiger partial charge on any atom is 0.472 e. The second kappa shape index (κ2) is 44.8. The first kappa shape index (κ1) is 60.6. The number of allylic oxidation sites excluding steroid dienone is 22. The summed E-state index contributed by atoms with van der Waals surface area (Å²) in [7, 11) is 1.56. The predicted molar refractivity (Wildman–Crippen MR) is 276 cm³/mol. The number of aliphatic hydroxyl groups excluding tert-OH is 1. The van der Waals surface area contributed by atoms with E-state index in [1.54, 1.807) is 0 Å². The molecule has 0 aliphatic heterocycles.